The molecule has 3 rings (SSSR count). The van der Waals surface area contributed by atoms with Gasteiger partial charge in [-0.05, 0) is 44.1 Å². The first-order valence-electron chi connectivity index (χ1n) is 10.0. The molecule has 0 aromatic heterocycles. The summed E-state index contributed by atoms with van der Waals surface area (Å²) in [6, 6.07) is 10.1. The summed E-state index contributed by atoms with van der Waals surface area (Å²) in [5.41, 5.74) is 0.300. The van der Waals surface area contributed by atoms with Crippen molar-refractivity contribution in [1.29, 1.82) is 0 Å². The number of nitrogens with zero attached hydrogens (tertiary/aromatic N) is 1. The number of nitrogens with one attached hydrogen (secondary N) is 1. The molecule has 1 aliphatic heterocycles. The van der Waals surface area contributed by atoms with Crippen LogP contribution in [-0.2, 0) is 9.59 Å². The van der Waals surface area contributed by atoms with Gasteiger partial charge in [0, 0.05) is 12.5 Å². The van der Waals surface area contributed by atoms with E-state index in [1.807, 2.05) is 49.1 Å². The van der Waals surface area contributed by atoms with Crippen molar-refractivity contribution in [1.82, 2.24) is 10.2 Å². The van der Waals surface area contributed by atoms with Crippen LogP contribution in [0.5, 0.6) is 0 Å². The van der Waals surface area contributed by atoms with Crippen molar-refractivity contribution in [3.8, 4) is 0 Å². The molecule has 0 spiro atoms. The van der Waals surface area contributed by atoms with Gasteiger partial charge >= 0.3 is 0 Å². The van der Waals surface area contributed by atoms with Crippen molar-refractivity contribution in [2.45, 2.75) is 77.4 Å². The van der Waals surface area contributed by atoms with Gasteiger partial charge in [-0.1, -0.05) is 57.0 Å². The van der Waals surface area contributed by atoms with E-state index in [1.54, 1.807) is 0 Å². The Labute approximate surface area is 157 Å². The maximum Gasteiger partial charge on any atom is 0.245 e. The third-order valence-electron chi connectivity index (χ3n) is 6.81. The summed E-state index contributed by atoms with van der Waals surface area (Å²) < 4.78 is 0. The third kappa shape index (κ3) is 3.38. The second kappa shape index (κ2) is 7.42. The topological polar surface area (TPSA) is 49.4 Å². The molecule has 1 saturated heterocycles. The molecule has 1 aromatic carbocycles. The molecule has 1 aliphatic carbocycles. The van der Waals surface area contributed by atoms with Gasteiger partial charge in [0.25, 0.3) is 0 Å². The van der Waals surface area contributed by atoms with Crippen LogP contribution < -0.4 is 5.32 Å². The van der Waals surface area contributed by atoms with Gasteiger partial charge in [0.05, 0.1) is 6.04 Å². The van der Waals surface area contributed by atoms with Gasteiger partial charge in [0.15, 0.2) is 0 Å². The lowest BCUT2D eigenvalue weighted by atomic mass is 9.77. The Morgan fingerprint density at radius 1 is 1.23 bits per heavy atom. The highest BCUT2D eigenvalue weighted by molar-refractivity contribution is 5.94. The van der Waals surface area contributed by atoms with Crippen LogP contribution in [0.4, 0.5) is 0 Å². The zero-order valence-electron chi connectivity index (χ0n) is 16.5. The van der Waals surface area contributed by atoms with Crippen LogP contribution >= 0.6 is 0 Å². The highest BCUT2D eigenvalue weighted by atomic mass is 16.2. The van der Waals surface area contributed by atoms with E-state index < -0.39 is 5.54 Å². The molecule has 1 N–H and O–H groups in total. The standard InChI is InChI=1S/C22H32N2O2/c1-15-9-8-12-19(16(15)2)23-21(26)22(4)14-13-20(25)24(22)17(3)18-10-6-5-7-11-18/h5-7,10-11,15-17,19H,8-9,12-14H2,1-4H3,(H,23,26). The number of rotatable bonds is 4. The zero-order valence-corrected chi connectivity index (χ0v) is 16.5. The van der Waals surface area contributed by atoms with Crippen molar-refractivity contribution in [2.24, 2.45) is 11.8 Å². The molecule has 26 heavy (non-hydrogen) atoms. The first-order valence-corrected chi connectivity index (χ1v) is 10.0. The van der Waals surface area contributed by atoms with E-state index in [0.717, 1.165) is 18.4 Å². The maximum atomic E-state index is 13.3. The normalized spacial score (nSPS) is 33.2. The predicted octanol–water partition coefficient (Wildman–Crippen LogP) is 4.07. The Balaban J connectivity index is 1.80. The molecule has 1 saturated carbocycles. The average Bonchev–Trinajstić information content (AvgIpc) is 2.95. The van der Waals surface area contributed by atoms with Crippen molar-refractivity contribution in [3.63, 3.8) is 0 Å². The lowest BCUT2D eigenvalue weighted by Gasteiger charge is -2.41. The van der Waals surface area contributed by atoms with E-state index in [1.165, 1.54) is 6.42 Å². The monoisotopic (exact) mass is 356 g/mol. The molecule has 2 amide bonds. The number of likely N-dealkylation sites (tertiary alicyclic amines) is 1. The van der Waals surface area contributed by atoms with E-state index in [0.29, 0.717) is 24.7 Å². The lowest BCUT2D eigenvalue weighted by molar-refractivity contribution is -0.144. The van der Waals surface area contributed by atoms with E-state index in [2.05, 4.69) is 19.2 Å². The average molecular weight is 357 g/mol. The van der Waals surface area contributed by atoms with Crippen LogP contribution in [0.2, 0.25) is 0 Å². The zero-order chi connectivity index (χ0) is 18.9. The second-order valence-corrected chi connectivity index (χ2v) is 8.47. The number of benzene rings is 1. The minimum Gasteiger partial charge on any atom is -0.351 e. The van der Waals surface area contributed by atoms with Crippen LogP contribution in [0.25, 0.3) is 0 Å². The molecule has 5 unspecified atom stereocenters. The van der Waals surface area contributed by atoms with Gasteiger partial charge < -0.3 is 10.2 Å². The summed E-state index contributed by atoms with van der Waals surface area (Å²) in [5.74, 6) is 1.20. The minimum absolute atomic E-state index is 0.0112. The summed E-state index contributed by atoms with van der Waals surface area (Å²) in [4.78, 5) is 27.8. The van der Waals surface area contributed by atoms with Gasteiger partial charge in [-0.3, -0.25) is 9.59 Å². The van der Waals surface area contributed by atoms with Gasteiger partial charge in [0.1, 0.15) is 5.54 Å². The molecule has 0 bridgehead atoms. The Morgan fingerprint density at radius 3 is 2.62 bits per heavy atom. The highest BCUT2D eigenvalue weighted by Gasteiger charge is 2.50. The Kier molecular flexibility index (Phi) is 5.40. The van der Waals surface area contributed by atoms with Crippen LogP contribution in [-0.4, -0.2) is 28.3 Å². The number of carbonyl (C=O) groups excluding carboxylic acids is 2. The molecule has 142 valence electrons. The van der Waals surface area contributed by atoms with Gasteiger partial charge in [-0.2, -0.15) is 0 Å². The molecule has 5 atom stereocenters. The van der Waals surface area contributed by atoms with Gasteiger partial charge in [0.2, 0.25) is 11.8 Å². The fourth-order valence-electron chi connectivity index (χ4n) is 4.72. The molecule has 1 heterocycles. The van der Waals surface area contributed by atoms with E-state index >= 15 is 0 Å². The summed E-state index contributed by atoms with van der Waals surface area (Å²) in [6.45, 7) is 8.47. The Hall–Kier alpha value is -1.84. The fourth-order valence-corrected chi connectivity index (χ4v) is 4.72. The summed E-state index contributed by atoms with van der Waals surface area (Å²) in [5, 5.41) is 3.31. The first kappa shape index (κ1) is 18.9. The quantitative estimate of drug-likeness (QED) is 0.884. The van der Waals surface area contributed by atoms with Crippen molar-refractivity contribution in [3.05, 3.63) is 35.9 Å². The number of amides is 2. The van der Waals surface area contributed by atoms with Crippen LogP contribution in [0.15, 0.2) is 30.3 Å². The summed E-state index contributed by atoms with van der Waals surface area (Å²) in [7, 11) is 0. The Morgan fingerprint density at radius 2 is 1.92 bits per heavy atom. The second-order valence-electron chi connectivity index (χ2n) is 8.47. The van der Waals surface area contributed by atoms with E-state index in [9.17, 15) is 9.59 Å². The lowest BCUT2D eigenvalue weighted by Crippen LogP contribution is -2.58. The molecule has 0 radical (unpaired) electrons. The first-order chi connectivity index (χ1) is 12.3. The fraction of sp³-hybridized carbons (Fsp3) is 0.636. The molecule has 1 aromatic rings. The van der Waals surface area contributed by atoms with Crippen LogP contribution in [0.1, 0.15) is 71.4 Å². The van der Waals surface area contributed by atoms with E-state index in [4.69, 9.17) is 0 Å². The van der Waals surface area contributed by atoms with Crippen molar-refractivity contribution in [2.75, 3.05) is 0 Å². The molecule has 2 aliphatic rings. The van der Waals surface area contributed by atoms with E-state index in [-0.39, 0.29) is 23.9 Å². The third-order valence-corrected chi connectivity index (χ3v) is 6.81. The van der Waals surface area contributed by atoms with Crippen molar-refractivity contribution >= 4 is 11.8 Å². The number of hydrogen-bond acceptors (Lipinski definition) is 2. The largest absolute Gasteiger partial charge is 0.351 e. The number of hydrogen-bond donors (Lipinski definition) is 1. The Bertz CT molecular complexity index is 659. The SMILES string of the molecule is CC1CCCC(NC(=O)C2(C)CCC(=O)N2C(C)c2ccccc2)C1C. The predicted molar refractivity (Wildman–Crippen MR) is 103 cm³/mol. The highest BCUT2D eigenvalue weighted by Crippen LogP contribution is 2.38. The minimum atomic E-state index is -0.771. The molecule has 2 fully saturated rings. The molecule has 4 nitrogen and oxygen atoms in total. The number of carbonyl (C=O) groups is 2. The van der Waals surface area contributed by atoms with Crippen LogP contribution in [0.3, 0.4) is 0 Å². The molecule has 4 heteroatoms. The molecular formula is C22H32N2O2. The molecular weight excluding hydrogens is 324 g/mol. The van der Waals surface area contributed by atoms with Crippen LogP contribution in [0, 0.1) is 11.8 Å². The van der Waals surface area contributed by atoms with Crippen molar-refractivity contribution < 1.29 is 9.59 Å². The maximum absolute atomic E-state index is 13.3. The summed E-state index contributed by atoms with van der Waals surface area (Å²) in [6.07, 6.45) is 4.47. The van der Waals surface area contributed by atoms with Gasteiger partial charge in [-0.25, -0.2) is 0 Å². The van der Waals surface area contributed by atoms with Gasteiger partial charge in [-0.15, -0.1) is 0 Å². The smallest absolute Gasteiger partial charge is 0.245 e. The summed E-state index contributed by atoms with van der Waals surface area (Å²) >= 11 is 0.